The van der Waals surface area contributed by atoms with E-state index in [2.05, 4.69) is 52.2 Å². The van der Waals surface area contributed by atoms with Crippen molar-refractivity contribution in [2.75, 3.05) is 5.32 Å². The van der Waals surface area contributed by atoms with Gasteiger partial charge in [0.25, 0.3) is 0 Å². The molecule has 0 fully saturated rings. The van der Waals surface area contributed by atoms with E-state index in [1.54, 1.807) is 6.07 Å². The molecule has 0 radical (unpaired) electrons. The van der Waals surface area contributed by atoms with Crippen molar-refractivity contribution in [2.45, 2.75) is 13.8 Å². The van der Waals surface area contributed by atoms with Gasteiger partial charge in [0.15, 0.2) is 0 Å². The third-order valence-electron chi connectivity index (χ3n) is 2.71. The summed E-state index contributed by atoms with van der Waals surface area (Å²) < 4.78 is 1.13. The smallest absolute Gasteiger partial charge is 0.131 e. The van der Waals surface area contributed by atoms with Gasteiger partial charge >= 0.3 is 0 Å². The van der Waals surface area contributed by atoms with E-state index in [1.807, 2.05) is 12.1 Å². The maximum Gasteiger partial charge on any atom is 0.131 e. The van der Waals surface area contributed by atoms with Crippen molar-refractivity contribution in [3.05, 3.63) is 51.6 Å². The van der Waals surface area contributed by atoms with Crippen LogP contribution in [0.15, 0.2) is 34.8 Å². The fourth-order valence-electron chi connectivity index (χ4n) is 1.81. The van der Waals surface area contributed by atoms with Crippen molar-refractivity contribution in [3.63, 3.8) is 0 Å². The molecule has 2 rings (SSSR count). The lowest BCUT2D eigenvalue weighted by Gasteiger charge is -2.10. The maximum atomic E-state index is 5.58. The van der Waals surface area contributed by atoms with Crippen LogP contribution in [0.1, 0.15) is 16.8 Å². The summed E-state index contributed by atoms with van der Waals surface area (Å²) in [6, 6.07) is 9.68. The number of nitrogens with one attached hydrogen (secondary N) is 1. The Morgan fingerprint density at radius 3 is 2.47 bits per heavy atom. The molecular formula is C14H14BrN3S. The fraction of sp³-hybridized carbons (Fsp3) is 0.143. The second kappa shape index (κ2) is 5.67. The Balaban J connectivity index is 2.31. The lowest BCUT2D eigenvalue weighted by Crippen LogP contribution is -2.12. The van der Waals surface area contributed by atoms with Gasteiger partial charge in [0.05, 0.1) is 5.69 Å². The second-order valence-corrected chi connectivity index (χ2v) is 5.55. The quantitative estimate of drug-likeness (QED) is 0.836. The van der Waals surface area contributed by atoms with Crippen molar-refractivity contribution >= 4 is 44.6 Å². The molecule has 1 aromatic carbocycles. The van der Waals surface area contributed by atoms with Gasteiger partial charge in [0, 0.05) is 10.2 Å². The molecule has 0 unspecified atom stereocenters. The molecule has 98 valence electrons. The molecule has 19 heavy (non-hydrogen) atoms. The van der Waals surface area contributed by atoms with Crippen LogP contribution in [-0.2, 0) is 0 Å². The van der Waals surface area contributed by atoms with Gasteiger partial charge in [-0.15, -0.1) is 0 Å². The number of nitrogens with zero attached hydrogens (tertiary/aromatic N) is 1. The minimum Gasteiger partial charge on any atom is -0.388 e. The van der Waals surface area contributed by atoms with Crippen LogP contribution in [0.25, 0.3) is 0 Å². The van der Waals surface area contributed by atoms with E-state index < -0.39 is 0 Å². The normalized spacial score (nSPS) is 10.3. The van der Waals surface area contributed by atoms with Crippen LogP contribution in [0, 0.1) is 13.8 Å². The molecule has 0 spiro atoms. The van der Waals surface area contributed by atoms with Crippen molar-refractivity contribution in [3.8, 4) is 0 Å². The lowest BCUT2D eigenvalue weighted by atomic mass is 10.1. The van der Waals surface area contributed by atoms with Gasteiger partial charge in [-0.1, -0.05) is 34.2 Å². The number of pyridine rings is 1. The summed E-state index contributed by atoms with van der Waals surface area (Å²) in [7, 11) is 0. The fourth-order valence-corrected chi connectivity index (χ4v) is 2.15. The number of anilines is 2. The highest BCUT2D eigenvalue weighted by Gasteiger charge is 2.04. The number of nitrogens with two attached hydrogens (primary N) is 1. The van der Waals surface area contributed by atoms with E-state index in [1.165, 1.54) is 11.1 Å². The van der Waals surface area contributed by atoms with Crippen LogP contribution in [0.4, 0.5) is 11.5 Å². The first-order valence-corrected chi connectivity index (χ1v) is 6.98. The van der Waals surface area contributed by atoms with E-state index in [-0.39, 0.29) is 0 Å². The largest absolute Gasteiger partial charge is 0.388 e. The summed E-state index contributed by atoms with van der Waals surface area (Å²) in [6.45, 7) is 4.11. The Kier molecular flexibility index (Phi) is 4.17. The predicted molar refractivity (Wildman–Crippen MR) is 87.0 cm³/mol. The van der Waals surface area contributed by atoms with Crippen LogP contribution >= 0.6 is 28.1 Å². The zero-order chi connectivity index (χ0) is 14.0. The van der Waals surface area contributed by atoms with Crippen LogP contribution in [-0.4, -0.2) is 9.97 Å². The molecule has 3 nitrogen and oxygen atoms in total. The Labute approximate surface area is 126 Å². The minimum atomic E-state index is 0.298. The van der Waals surface area contributed by atoms with Gasteiger partial charge in [-0.25, -0.2) is 4.98 Å². The summed E-state index contributed by atoms with van der Waals surface area (Å²) in [5, 5.41) is 3.26. The Morgan fingerprint density at radius 2 is 1.89 bits per heavy atom. The lowest BCUT2D eigenvalue weighted by molar-refractivity contribution is 1.27. The number of thiocarbonyl (C=S) groups is 1. The molecule has 3 N–H and O–H groups in total. The summed E-state index contributed by atoms with van der Waals surface area (Å²) in [5.41, 5.74) is 9.53. The number of hydrogen-bond donors (Lipinski definition) is 2. The number of rotatable bonds is 3. The van der Waals surface area contributed by atoms with Crippen molar-refractivity contribution < 1.29 is 0 Å². The third kappa shape index (κ3) is 3.30. The van der Waals surface area contributed by atoms with E-state index in [9.17, 15) is 0 Å². The molecule has 0 aliphatic rings. The number of halogens is 1. The number of aryl methyl sites for hydroxylation is 2. The van der Waals surface area contributed by atoms with E-state index in [0.29, 0.717) is 10.7 Å². The SMILES string of the molecule is Cc1cc(Nc2cccc(C(N)=S)n2)cc(C)c1Br. The highest BCUT2D eigenvalue weighted by molar-refractivity contribution is 9.10. The zero-order valence-electron chi connectivity index (χ0n) is 10.7. The topological polar surface area (TPSA) is 50.9 Å². The van der Waals surface area contributed by atoms with E-state index >= 15 is 0 Å². The average Bonchev–Trinajstić information content (AvgIpc) is 2.36. The molecule has 0 amide bonds. The predicted octanol–water partition coefficient (Wildman–Crippen LogP) is 3.84. The van der Waals surface area contributed by atoms with Gasteiger partial charge in [0.2, 0.25) is 0 Å². The highest BCUT2D eigenvalue weighted by atomic mass is 79.9. The van der Waals surface area contributed by atoms with Crippen molar-refractivity contribution in [1.82, 2.24) is 4.98 Å². The number of benzene rings is 1. The first-order chi connectivity index (χ1) is 8.97. The molecule has 2 aromatic rings. The molecule has 0 atom stereocenters. The standard InChI is InChI=1S/C14H14BrN3S/c1-8-6-10(7-9(2)13(8)15)17-12-5-3-4-11(18-12)14(16)19/h3-7H,1-2H3,(H2,16,19)(H,17,18). The van der Waals surface area contributed by atoms with Gasteiger partial charge < -0.3 is 11.1 Å². The second-order valence-electron chi connectivity index (χ2n) is 4.32. The van der Waals surface area contributed by atoms with Gasteiger partial charge in [-0.05, 0) is 49.2 Å². The maximum absolute atomic E-state index is 5.58. The van der Waals surface area contributed by atoms with Crippen LogP contribution < -0.4 is 11.1 Å². The van der Waals surface area contributed by atoms with Crippen molar-refractivity contribution in [1.29, 1.82) is 0 Å². The monoisotopic (exact) mass is 335 g/mol. The summed E-state index contributed by atoms with van der Waals surface area (Å²) in [6.07, 6.45) is 0. The molecule has 0 bridgehead atoms. The molecule has 0 aliphatic carbocycles. The number of aromatic nitrogens is 1. The first-order valence-electron chi connectivity index (χ1n) is 5.78. The highest BCUT2D eigenvalue weighted by Crippen LogP contribution is 2.26. The molecule has 1 aromatic heterocycles. The Morgan fingerprint density at radius 1 is 1.26 bits per heavy atom. The molecule has 0 saturated carbocycles. The summed E-state index contributed by atoms with van der Waals surface area (Å²) >= 11 is 8.48. The first kappa shape index (κ1) is 14.0. The van der Waals surface area contributed by atoms with E-state index in [0.717, 1.165) is 16.0 Å². The average molecular weight is 336 g/mol. The Hall–Kier alpha value is -1.46. The third-order valence-corrected chi connectivity index (χ3v) is 4.17. The van der Waals surface area contributed by atoms with Gasteiger partial charge in [0.1, 0.15) is 10.8 Å². The molecular weight excluding hydrogens is 322 g/mol. The Bertz CT molecular complexity index is 617. The summed E-state index contributed by atoms with van der Waals surface area (Å²) in [4.78, 5) is 4.66. The molecule has 0 aliphatic heterocycles. The van der Waals surface area contributed by atoms with Gasteiger partial charge in [-0.2, -0.15) is 0 Å². The van der Waals surface area contributed by atoms with Crippen LogP contribution in [0.2, 0.25) is 0 Å². The van der Waals surface area contributed by atoms with Crippen LogP contribution in [0.3, 0.4) is 0 Å². The minimum absolute atomic E-state index is 0.298. The number of hydrogen-bond acceptors (Lipinski definition) is 3. The zero-order valence-corrected chi connectivity index (χ0v) is 13.1. The summed E-state index contributed by atoms with van der Waals surface area (Å²) in [5.74, 6) is 0.728. The van der Waals surface area contributed by atoms with Gasteiger partial charge in [-0.3, -0.25) is 0 Å². The molecule has 0 saturated heterocycles. The van der Waals surface area contributed by atoms with Crippen molar-refractivity contribution in [2.24, 2.45) is 5.73 Å². The van der Waals surface area contributed by atoms with Crippen LogP contribution in [0.5, 0.6) is 0 Å². The molecule has 5 heteroatoms. The van der Waals surface area contributed by atoms with E-state index in [4.69, 9.17) is 18.0 Å². The molecule has 1 heterocycles.